The Morgan fingerprint density at radius 2 is 2.14 bits per heavy atom. The van der Waals surface area contributed by atoms with Crippen LogP contribution in [-0.4, -0.2) is 30.5 Å². The van der Waals surface area contributed by atoms with Crippen LogP contribution in [-0.2, 0) is 4.79 Å². The van der Waals surface area contributed by atoms with Crippen LogP contribution in [0.3, 0.4) is 0 Å². The van der Waals surface area contributed by atoms with Crippen LogP contribution >= 0.6 is 0 Å². The molecule has 1 N–H and O–H groups in total. The van der Waals surface area contributed by atoms with Crippen LogP contribution in [0.1, 0.15) is 32.6 Å². The molecule has 2 aromatic rings. The minimum atomic E-state index is 0.123. The molecule has 0 aliphatic carbocycles. The molecule has 5 nitrogen and oxygen atoms in total. The van der Waals surface area contributed by atoms with Gasteiger partial charge in [-0.25, -0.2) is 0 Å². The molecular weight excluding hydrogens is 278 g/mol. The number of anilines is 1. The molecule has 118 valence electrons. The Morgan fingerprint density at radius 1 is 1.36 bits per heavy atom. The molecule has 1 aromatic carbocycles. The zero-order chi connectivity index (χ0) is 15.4. The lowest BCUT2D eigenvalue weighted by Crippen LogP contribution is -2.40. The maximum absolute atomic E-state index is 12.1. The van der Waals surface area contributed by atoms with Gasteiger partial charge in [-0.2, -0.15) is 4.98 Å². The minimum absolute atomic E-state index is 0.123. The van der Waals surface area contributed by atoms with Crippen molar-refractivity contribution in [3.8, 4) is 0 Å². The summed E-state index contributed by atoms with van der Waals surface area (Å²) in [5, 5.41) is 3.03. The number of oxazole rings is 1. The molecule has 0 bridgehead atoms. The first-order valence-corrected chi connectivity index (χ1v) is 8.16. The Bertz CT molecular complexity index is 597. The molecule has 1 amide bonds. The lowest BCUT2D eigenvalue weighted by molar-refractivity contribution is -0.125. The summed E-state index contributed by atoms with van der Waals surface area (Å²) in [6.07, 6.45) is 3.87. The van der Waals surface area contributed by atoms with Crippen molar-refractivity contribution in [2.75, 3.05) is 24.5 Å². The van der Waals surface area contributed by atoms with Gasteiger partial charge in [0.05, 0.1) is 0 Å². The number of benzene rings is 1. The van der Waals surface area contributed by atoms with Crippen LogP contribution in [0.2, 0.25) is 0 Å². The Hall–Kier alpha value is -2.04. The van der Waals surface area contributed by atoms with Crippen LogP contribution in [0.5, 0.6) is 0 Å². The topological polar surface area (TPSA) is 58.4 Å². The zero-order valence-corrected chi connectivity index (χ0v) is 13.0. The van der Waals surface area contributed by atoms with Crippen LogP contribution in [0.25, 0.3) is 11.1 Å². The molecule has 0 spiro atoms. The number of rotatable bonds is 5. The first-order chi connectivity index (χ1) is 10.8. The van der Waals surface area contributed by atoms with Crippen LogP contribution in [0.15, 0.2) is 28.7 Å². The maximum atomic E-state index is 12.1. The SMILES string of the molecule is CCCCNC(=O)C1CCN(c2nc3ccccc3o2)CC1. The fourth-order valence-electron chi connectivity index (χ4n) is 2.86. The highest BCUT2D eigenvalue weighted by Crippen LogP contribution is 2.26. The van der Waals surface area contributed by atoms with Crippen molar-refractivity contribution in [1.82, 2.24) is 10.3 Å². The van der Waals surface area contributed by atoms with E-state index in [1.54, 1.807) is 0 Å². The highest BCUT2D eigenvalue weighted by molar-refractivity contribution is 5.79. The van der Waals surface area contributed by atoms with E-state index >= 15 is 0 Å². The molecule has 2 heterocycles. The molecule has 1 saturated heterocycles. The van der Waals surface area contributed by atoms with Gasteiger partial charge in [-0.15, -0.1) is 0 Å². The summed E-state index contributed by atoms with van der Waals surface area (Å²) in [5.41, 5.74) is 1.70. The van der Waals surface area contributed by atoms with Crippen molar-refractivity contribution in [3.05, 3.63) is 24.3 Å². The van der Waals surface area contributed by atoms with Gasteiger partial charge in [0.1, 0.15) is 5.52 Å². The summed E-state index contributed by atoms with van der Waals surface area (Å²) in [7, 11) is 0. The molecule has 3 rings (SSSR count). The predicted octanol–water partition coefficient (Wildman–Crippen LogP) is 2.96. The van der Waals surface area contributed by atoms with Crippen molar-refractivity contribution in [3.63, 3.8) is 0 Å². The maximum Gasteiger partial charge on any atom is 0.298 e. The second kappa shape index (κ2) is 6.81. The third-order valence-electron chi connectivity index (χ3n) is 4.25. The lowest BCUT2D eigenvalue weighted by atomic mass is 9.96. The first-order valence-electron chi connectivity index (χ1n) is 8.16. The summed E-state index contributed by atoms with van der Waals surface area (Å²) < 4.78 is 5.80. The van der Waals surface area contributed by atoms with Crippen molar-refractivity contribution >= 4 is 23.0 Å². The number of nitrogens with zero attached hydrogens (tertiary/aromatic N) is 2. The van der Waals surface area contributed by atoms with Gasteiger partial charge in [-0.3, -0.25) is 4.79 Å². The molecule has 1 aliphatic heterocycles. The number of nitrogens with one attached hydrogen (secondary N) is 1. The molecule has 1 aliphatic rings. The number of carbonyl (C=O) groups is 1. The van der Waals surface area contributed by atoms with E-state index in [1.807, 2.05) is 24.3 Å². The molecule has 0 atom stereocenters. The zero-order valence-electron chi connectivity index (χ0n) is 13.0. The second-order valence-corrected chi connectivity index (χ2v) is 5.87. The Balaban J connectivity index is 1.56. The smallest absolute Gasteiger partial charge is 0.298 e. The van der Waals surface area contributed by atoms with E-state index in [1.165, 1.54) is 0 Å². The van der Waals surface area contributed by atoms with Crippen molar-refractivity contribution in [1.29, 1.82) is 0 Å². The van der Waals surface area contributed by atoms with Crippen molar-refractivity contribution in [2.24, 2.45) is 5.92 Å². The van der Waals surface area contributed by atoms with E-state index in [-0.39, 0.29) is 11.8 Å². The van der Waals surface area contributed by atoms with E-state index < -0.39 is 0 Å². The van der Waals surface area contributed by atoms with Gasteiger partial charge in [-0.05, 0) is 31.4 Å². The van der Waals surface area contributed by atoms with E-state index in [4.69, 9.17) is 4.42 Å². The van der Waals surface area contributed by atoms with Gasteiger partial charge in [0.25, 0.3) is 6.01 Å². The first kappa shape index (κ1) is 14.9. The Kier molecular flexibility index (Phi) is 4.61. The van der Waals surface area contributed by atoms with Crippen molar-refractivity contribution in [2.45, 2.75) is 32.6 Å². The second-order valence-electron chi connectivity index (χ2n) is 5.87. The normalized spacial score (nSPS) is 16.1. The van der Waals surface area contributed by atoms with Crippen LogP contribution < -0.4 is 10.2 Å². The standard InChI is InChI=1S/C17H23N3O2/c1-2-3-10-18-16(21)13-8-11-20(12-9-13)17-19-14-6-4-5-7-15(14)22-17/h4-7,13H,2-3,8-12H2,1H3,(H,18,21). The molecule has 5 heteroatoms. The molecular formula is C17H23N3O2. The minimum Gasteiger partial charge on any atom is -0.423 e. The monoisotopic (exact) mass is 301 g/mol. The van der Waals surface area contributed by atoms with Gasteiger partial charge >= 0.3 is 0 Å². The highest BCUT2D eigenvalue weighted by atomic mass is 16.4. The van der Waals surface area contributed by atoms with Gasteiger partial charge in [0.15, 0.2) is 5.58 Å². The molecule has 0 unspecified atom stereocenters. The third-order valence-corrected chi connectivity index (χ3v) is 4.25. The number of unbranched alkanes of at least 4 members (excludes halogenated alkanes) is 1. The number of aromatic nitrogens is 1. The van der Waals surface area contributed by atoms with Crippen molar-refractivity contribution < 1.29 is 9.21 Å². The highest BCUT2D eigenvalue weighted by Gasteiger charge is 2.26. The Labute approximate surface area is 130 Å². The average Bonchev–Trinajstić information content (AvgIpc) is 2.99. The van der Waals surface area contributed by atoms with Crippen LogP contribution in [0, 0.1) is 5.92 Å². The fourth-order valence-corrected chi connectivity index (χ4v) is 2.86. The molecule has 1 fully saturated rings. The molecule has 0 saturated carbocycles. The summed E-state index contributed by atoms with van der Waals surface area (Å²) in [6.45, 7) is 4.56. The Morgan fingerprint density at radius 3 is 2.86 bits per heavy atom. The molecule has 1 aromatic heterocycles. The molecule has 22 heavy (non-hydrogen) atoms. The number of hydrogen-bond donors (Lipinski definition) is 1. The van der Waals surface area contributed by atoms with Gasteiger partial charge < -0.3 is 14.6 Å². The number of fused-ring (bicyclic) bond motifs is 1. The van der Waals surface area contributed by atoms with E-state index in [0.717, 1.165) is 56.4 Å². The summed E-state index contributed by atoms with van der Waals surface area (Å²) in [4.78, 5) is 18.7. The van der Waals surface area contributed by atoms with Gasteiger partial charge in [-0.1, -0.05) is 25.5 Å². The summed E-state index contributed by atoms with van der Waals surface area (Å²) >= 11 is 0. The third kappa shape index (κ3) is 3.24. The van der Waals surface area contributed by atoms with E-state index in [2.05, 4.69) is 22.1 Å². The van der Waals surface area contributed by atoms with E-state index in [9.17, 15) is 4.79 Å². The fraction of sp³-hybridized carbons (Fsp3) is 0.529. The average molecular weight is 301 g/mol. The number of amides is 1. The quantitative estimate of drug-likeness (QED) is 0.863. The largest absolute Gasteiger partial charge is 0.423 e. The van der Waals surface area contributed by atoms with Crippen LogP contribution in [0.4, 0.5) is 6.01 Å². The number of para-hydroxylation sites is 2. The number of hydrogen-bond acceptors (Lipinski definition) is 4. The summed E-state index contributed by atoms with van der Waals surface area (Å²) in [5.74, 6) is 0.322. The van der Waals surface area contributed by atoms with E-state index in [0.29, 0.717) is 6.01 Å². The number of piperidine rings is 1. The predicted molar refractivity (Wildman–Crippen MR) is 86.9 cm³/mol. The van der Waals surface area contributed by atoms with Gasteiger partial charge in [0.2, 0.25) is 5.91 Å². The van der Waals surface area contributed by atoms with Gasteiger partial charge in [0, 0.05) is 25.6 Å². The number of carbonyl (C=O) groups excluding carboxylic acids is 1. The lowest BCUT2D eigenvalue weighted by Gasteiger charge is -2.30. The molecule has 0 radical (unpaired) electrons. The summed E-state index contributed by atoms with van der Waals surface area (Å²) in [6, 6.07) is 8.47.